The molecule has 0 heterocycles. The van der Waals surface area contributed by atoms with Gasteiger partial charge in [-0.25, -0.2) is 0 Å². The minimum atomic E-state index is -4.27. The van der Waals surface area contributed by atoms with Crippen molar-refractivity contribution >= 4 is 5.69 Å². The summed E-state index contributed by atoms with van der Waals surface area (Å²) in [6.07, 6.45) is -4.27. The summed E-state index contributed by atoms with van der Waals surface area (Å²) in [4.78, 5) is 1.14. The Hall–Kier alpha value is -1.43. The summed E-state index contributed by atoms with van der Waals surface area (Å²) >= 11 is 0. The van der Waals surface area contributed by atoms with Crippen molar-refractivity contribution in [1.29, 1.82) is 0 Å². The van der Waals surface area contributed by atoms with Crippen molar-refractivity contribution in [2.75, 3.05) is 18.0 Å². The molecular weight excluding hydrogens is 245 g/mol. The van der Waals surface area contributed by atoms with Gasteiger partial charge < -0.3 is 15.7 Å². The van der Waals surface area contributed by atoms with Crippen molar-refractivity contribution in [3.8, 4) is 5.75 Å². The fraction of sp³-hybridized carbons (Fsp3) is 0.500. The van der Waals surface area contributed by atoms with Crippen LogP contribution in [0.1, 0.15) is 25.5 Å². The predicted octanol–water partition coefficient (Wildman–Crippen LogP) is 2.80. The Balaban J connectivity index is 2.98. The average molecular weight is 262 g/mol. The van der Waals surface area contributed by atoms with Gasteiger partial charge in [-0.1, -0.05) is 6.07 Å². The van der Waals surface area contributed by atoms with Crippen LogP contribution < -0.4 is 10.6 Å². The maximum atomic E-state index is 12.4. The topological polar surface area (TPSA) is 49.5 Å². The van der Waals surface area contributed by atoms with E-state index in [1.807, 2.05) is 0 Å². The van der Waals surface area contributed by atoms with E-state index in [0.717, 1.165) is 4.90 Å². The van der Waals surface area contributed by atoms with Crippen molar-refractivity contribution < 1.29 is 18.3 Å². The van der Waals surface area contributed by atoms with Gasteiger partial charge >= 0.3 is 6.18 Å². The molecule has 0 aliphatic heterocycles. The van der Waals surface area contributed by atoms with E-state index in [1.54, 1.807) is 19.9 Å². The van der Waals surface area contributed by atoms with Gasteiger partial charge in [0, 0.05) is 29.9 Å². The van der Waals surface area contributed by atoms with E-state index in [-0.39, 0.29) is 18.3 Å². The summed E-state index contributed by atoms with van der Waals surface area (Å²) in [6, 6.07) is 4.03. The SMILES string of the molecule is CCN(CC(F)(F)F)c1ccc(C(C)N)c(O)c1. The maximum absolute atomic E-state index is 12.4. The van der Waals surface area contributed by atoms with Crippen molar-refractivity contribution in [3.05, 3.63) is 23.8 Å². The van der Waals surface area contributed by atoms with E-state index in [2.05, 4.69) is 0 Å². The van der Waals surface area contributed by atoms with Crippen LogP contribution in [-0.4, -0.2) is 24.4 Å². The molecule has 0 saturated heterocycles. The standard InChI is InChI=1S/C12H17F3N2O/c1-3-17(7-12(13,14)15)9-4-5-10(8(2)16)11(18)6-9/h4-6,8,18H,3,7,16H2,1-2H3. The van der Waals surface area contributed by atoms with E-state index in [4.69, 9.17) is 5.73 Å². The first-order valence-corrected chi connectivity index (χ1v) is 5.64. The van der Waals surface area contributed by atoms with Crippen LogP contribution in [0.4, 0.5) is 18.9 Å². The van der Waals surface area contributed by atoms with Gasteiger partial charge in [-0.3, -0.25) is 0 Å². The Morgan fingerprint density at radius 3 is 2.39 bits per heavy atom. The van der Waals surface area contributed by atoms with Gasteiger partial charge in [0.25, 0.3) is 0 Å². The summed E-state index contributed by atoms with van der Waals surface area (Å²) in [5.41, 5.74) is 6.47. The second kappa shape index (κ2) is 5.48. The molecule has 1 atom stereocenters. The van der Waals surface area contributed by atoms with Crippen LogP contribution in [0.5, 0.6) is 5.75 Å². The third-order valence-corrected chi connectivity index (χ3v) is 2.62. The minimum absolute atomic E-state index is 0.0804. The lowest BCUT2D eigenvalue weighted by atomic mass is 10.1. The molecular formula is C12H17F3N2O. The van der Waals surface area contributed by atoms with E-state index >= 15 is 0 Å². The Morgan fingerprint density at radius 2 is 2.00 bits per heavy atom. The monoisotopic (exact) mass is 262 g/mol. The fourth-order valence-electron chi connectivity index (χ4n) is 1.72. The van der Waals surface area contributed by atoms with Crippen LogP contribution in [0.15, 0.2) is 18.2 Å². The van der Waals surface area contributed by atoms with Gasteiger partial charge in [-0.2, -0.15) is 13.2 Å². The van der Waals surface area contributed by atoms with Crippen molar-refractivity contribution in [1.82, 2.24) is 0 Å². The number of anilines is 1. The van der Waals surface area contributed by atoms with Crippen LogP contribution in [-0.2, 0) is 0 Å². The minimum Gasteiger partial charge on any atom is -0.508 e. The number of halogens is 3. The highest BCUT2D eigenvalue weighted by molar-refractivity contribution is 5.54. The normalized spacial score (nSPS) is 13.4. The summed E-state index contributed by atoms with van der Waals surface area (Å²) < 4.78 is 37.1. The average Bonchev–Trinajstić information content (AvgIpc) is 2.24. The van der Waals surface area contributed by atoms with E-state index in [9.17, 15) is 18.3 Å². The third-order valence-electron chi connectivity index (χ3n) is 2.62. The highest BCUT2D eigenvalue weighted by Gasteiger charge is 2.30. The Bertz CT molecular complexity index is 405. The zero-order valence-corrected chi connectivity index (χ0v) is 10.3. The van der Waals surface area contributed by atoms with Gasteiger partial charge in [0.1, 0.15) is 12.3 Å². The van der Waals surface area contributed by atoms with Gasteiger partial charge in [-0.05, 0) is 19.9 Å². The van der Waals surface area contributed by atoms with Gasteiger partial charge in [0.05, 0.1) is 0 Å². The fourth-order valence-corrected chi connectivity index (χ4v) is 1.72. The second-order valence-corrected chi connectivity index (χ2v) is 4.16. The van der Waals surface area contributed by atoms with Crippen LogP contribution >= 0.6 is 0 Å². The molecule has 0 radical (unpaired) electrons. The summed E-state index contributed by atoms with van der Waals surface area (Å²) in [5, 5.41) is 9.72. The molecule has 0 spiro atoms. The molecule has 0 aliphatic rings. The Labute approximate surface area is 104 Å². The maximum Gasteiger partial charge on any atom is 0.405 e. The highest BCUT2D eigenvalue weighted by atomic mass is 19.4. The first-order chi connectivity index (χ1) is 8.24. The number of nitrogens with two attached hydrogens (primary N) is 1. The molecule has 18 heavy (non-hydrogen) atoms. The number of hydrogen-bond donors (Lipinski definition) is 2. The molecule has 0 aromatic heterocycles. The number of benzene rings is 1. The number of hydrogen-bond acceptors (Lipinski definition) is 3. The first-order valence-electron chi connectivity index (χ1n) is 5.64. The molecule has 0 fully saturated rings. The molecule has 6 heteroatoms. The number of phenolic OH excluding ortho intramolecular Hbond substituents is 1. The molecule has 0 amide bonds. The van der Waals surface area contributed by atoms with Crippen molar-refractivity contribution in [2.24, 2.45) is 5.73 Å². The summed E-state index contributed by atoms with van der Waals surface area (Å²) in [6.45, 7) is 2.49. The molecule has 1 unspecified atom stereocenters. The summed E-state index contributed by atoms with van der Waals surface area (Å²) in [5.74, 6) is -0.0804. The van der Waals surface area contributed by atoms with Crippen molar-refractivity contribution in [2.45, 2.75) is 26.1 Å². The molecule has 1 aromatic rings. The Kier molecular flexibility index (Phi) is 4.45. The molecule has 0 bridgehead atoms. The van der Waals surface area contributed by atoms with Crippen LogP contribution in [0.25, 0.3) is 0 Å². The zero-order chi connectivity index (χ0) is 13.9. The van der Waals surface area contributed by atoms with E-state index in [0.29, 0.717) is 11.3 Å². The van der Waals surface area contributed by atoms with Crippen LogP contribution in [0.3, 0.4) is 0 Å². The van der Waals surface area contributed by atoms with Gasteiger partial charge in [0.15, 0.2) is 0 Å². The molecule has 0 saturated carbocycles. The number of aromatic hydroxyl groups is 1. The van der Waals surface area contributed by atoms with Gasteiger partial charge in [-0.15, -0.1) is 0 Å². The second-order valence-electron chi connectivity index (χ2n) is 4.16. The lowest BCUT2D eigenvalue weighted by molar-refractivity contribution is -0.119. The number of phenols is 1. The zero-order valence-electron chi connectivity index (χ0n) is 10.3. The molecule has 1 aromatic carbocycles. The van der Waals surface area contributed by atoms with Crippen LogP contribution in [0, 0.1) is 0 Å². The highest BCUT2D eigenvalue weighted by Crippen LogP contribution is 2.29. The molecule has 102 valence electrons. The number of nitrogens with zero attached hydrogens (tertiary/aromatic N) is 1. The largest absolute Gasteiger partial charge is 0.508 e. The molecule has 3 nitrogen and oxygen atoms in total. The Morgan fingerprint density at radius 1 is 1.39 bits per heavy atom. The molecule has 1 rings (SSSR count). The van der Waals surface area contributed by atoms with Crippen molar-refractivity contribution in [3.63, 3.8) is 0 Å². The molecule has 3 N–H and O–H groups in total. The quantitative estimate of drug-likeness (QED) is 0.877. The first kappa shape index (κ1) is 14.6. The number of alkyl halides is 3. The van der Waals surface area contributed by atoms with Crippen LogP contribution in [0.2, 0.25) is 0 Å². The molecule has 0 aliphatic carbocycles. The van der Waals surface area contributed by atoms with E-state index < -0.39 is 12.7 Å². The smallest absolute Gasteiger partial charge is 0.405 e. The summed E-state index contributed by atoms with van der Waals surface area (Å²) in [7, 11) is 0. The lowest BCUT2D eigenvalue weighted by Crippen LogP contribution is -2.34. The van der Waals surface area contributed by atoms with E-state index in [1.165, 1.54) is 12.1 Å². The third kappa shape index (κ3) is 3.80. The van der Waals surface area contributed by atoms with Gasteiger partial charge in [0.2, 0.25) is 0 Å². The number of rotatable bonds is 4. The lowest BCUT2D eigenvalue weighted by Gasteiger charge is -2.25. The predicted molar refractivity (Wildman–Crippen MR) is 64.7 cm³/mol.